The minimum absolute atomic E-state index is 0.254. The van der Waals surface area contributed by atoms with Crippen LogP contribution in [0.25, 0.3) is 0 Å². The molecule has 0 saturated carbocycles. The highest BCUT2D eigenvalue weighted by Crippen LogP contribution is 2.38. The fraction of sp³-hybridized carbons (Fsp3) is 0.409. The average molecular weight is 398 g/mol. The molecule has 4 rings (SSSR count). The van der Waals surface area contributed by atoms with Gasteiger partial charge in [0.25, 0.3) is 0 Å². The molecule has 2 saturated heterocycles. The van der Waals surface area contributed by atoms with Crippen LogP contribution in [0.1, 0.15) is 25.3 Å². The zero-order valence-electron chi connectivity index (χ0n) is 16.2. The van der Waals surface area contributed by atoms with E-state index in [1.54, 1.807) is 11.8 Å². The first kappa shape index (κ1) is 19.3. The number of nitrogens with one attached hydrogen (secondary N) is 1. The van der Waals surface area contributed by atoms with Gasteiger partial charge < -0.3 is 15.4 Å². The molecular weight excluding hydrogens is 370 g/mol. The van der Waals surface area contributed by atoms with Crippen LogP contribution >= 0.6 is 11.8 Å². The third-order valence-electron chi connectivity index (χ3n) is 5.87. The summed E-state index contributed by atoms with van der Waals surface area (Å²) in [5.74, 6) is -0.254. The quantitative estimate of drug-likeness (QED) is 0.811. The van der Waals surface area contributed by atoms with Gasteiger partial charge in [-0.15, -0.1) is 0 Å². The second-order valence-electron chi connectivity index (χ2n) is 7.51. The van der Waals surface area contributed by atoms with Crippen molar-refractivity contribution >= 4 is 23.4 Å². The number of rotatable bonds is 5. The molecule has 2 aliphatic heterocycles. The summed E-state index contributed by atoms with van der Waals surface area (Å²) in [6, 6.07) is 16.9. The maximum absolute atomic E-state index is 12.3. The minimum atomic E-state index is -0.614. The highest BCUT2D eigenvalue weighted by atomic mass is 32.2. The van der Waals surface area contributed by atoms with Gasteiger partial charge in [0.15, 0.2) is 0 Å². The summed E-state index contributed by atoms with van der Waals surface area (Å²) in [7, 11) is 0. The Hall–Kier alpha value is -2.02. The zero-order valence-corrected chi connectivity index (χ0v) is 17.0. The van der Waals surface area contributed by atoms with Crippen molar-refractivity contribution in [3.8, 4) is 0 Å². The van der Waals surface area contributed by atoms with Crippen LogP contribution in [0.4, 0.5) is 5.69 Å². The van der Waals surface area contributed by atoms with Gasteiger partial charge in [0.1, 0.15) is 0 Å². The van der Waals surface area contributed by atoms with Crippen molar-refractivity contribution in [1.82, 2.24) is 5.32 Å². The molecule has 0 spiro atoms. The maximum Gasteiger partial charge on any atom is 0.228 e. The molecule has 1 amide bonds. The first-order valence-electron chi connectivity index (χ1n) is 9.85. The molecule has 2 aromatic rings. The highest BCUT2D eigenvalue weighted by Gasteiger charge is 2.40. The Bertz CT molecular complexity index is 834. The number of primary amides is 1. The molecule has 2 aromatic carbocycles. The van der Waals surface area contributed by atoms with E-state index in [1.807, 2.05) is 12.1 Å². The van der Waals surface area contributed by atoms with E-state index in [1.165, 1.54) is 10.6 Å². The molecule has 5 nitrogen and oxygen atoms in total. The van der Waals surface area contributed by atoms with E-state index in [9.17, 15) is 4.79 Å². The molecule has 1 unspecified atom stereocenters. The van der Waals surface area contributed by atoms with E-state index >= 15 is 0 Å². The third kappa shape index (κ3) is 3.77. The SMILES string of the molecule is CC1NCCN1c1ccc(Sc2cccc(C3(C(N)=O)CCOCC3)c2)cc1. The van der Waals surface area contributed by atoms with Gasteiger partial charge in [-0.1, -0.05) is 23.9 Å². The summed E-state index contributed by atoms with van der Waals surface area (Å²) in [4.78, 5) is 17.0. The van der Waals surface area contributed by atoms with Gasteiger partial charge in [-0.25, -0.2) is 0 Å². The van der Waals surface area contributed by atoms with E-state index in [0.717, 1.165) is 23.5 Å². The molecule has 0 radical (unpaired) electrons. The van der Waals surface area contributed by atoms with E-state index in [-0.39, 0.29) is 5.91 Å². The molecule has 28 heavy (non-hydrogen) atoms. The molecule has 2 aliphatic rings. The van der Waals surface area contributed by atoms with Crippen LogP contribution in [0.15, 0.2) is 58.3 Å². The predicted molar refractivity (Wildman–Crippen MR) is 113 cm³/mol. The normalized spacial score (nSPS) is 21.6. The number of amides is 1. The number of ether oxygens (including phenoxy) is 1. The molecule has 0 aliphatic carbocycles. The number of carbonyl (C=O) groups is 1. The van der Waals surface area contributed by atoms with Gasteiger partial charge in [-0.3, -0.25) is 10.1 Å². The number of benzene rings is 2. The number of nitrogens with zero attached hydrogens (tertiary/aromatic N) is 1. The number of anilines is 1. The van der Waals surface area contributed by atoms with E-state index < -0.39 is 5.41 Å². The van der Waals surface area contributed by atoms with Crippen molar-refractivity contribution in [2.75, 3.05) is 31.2 Å². The van der Waals surface area contributed by atoms with Crippen LogP contribution in [-0.2, 0) is 14.9 Å². The van der Waals surface area contributed by atoms with Gasteiger partial charge in [0.2, 0.25) is 5.91 Å². The first-order valence-corrected chi connectivity index (χ1v) is 10.7. The topological polar surface area (TPSA) is 67.6 Å². The third-order valence-corrected chi connectivity index (χ3v) is 6.87. The summed E-state index contributed by atoms with van der Waals surface area (Å²) in [5.41, 5.74) is 7.44. The van der Waals surface area contributed by atoms with Gasteiger partial charge >= 0.3 is 0 Å². The Kier molecular flexibility index (Phi) is 5.62. The number of hydrogen-bond donors (Lipinski definition) is 2. The predicted octanol–water partition coefficient (Wildman–Crippen LogP) is 3.13. The molecule has 3 N–H and O–H groups in total. The summed E-state index contributed by atoms with van der Waals surface area (Å²) in [6.45, 7) is 5.40. The Morgan fingerprint density at radius 3 is 2.57 bits per heavy atom. The molecule has 6 heteroatoms. The molecule has 148 valence electrons. The van der Waals surface area contributed by atoms with Crippen LogP contribution < -0.4 is 16.0 Å². The highest BCUT2D eigenvalue weighted by molar-refractivity contribution is 7.99. The number of carbonyl (C=O) groups excluding carboxylic acids is 1. The smallest absolute Gasteiger partial charge is 0.228 e. The molecular formula is C22H27N3O2S. The largest absolute Gasteiger partial charge is 0.381 e. The van der Waals surface area contributed by atoms with Crippen molar-refractivity contribution in [2.45, 2.75) is 41.1 Å². The fourth-order valence-electron chi connectivity index (χ4n) is 4.15. The maximum atomic E-state index is 12.3. The Morgan fingerprint density at radius 2 is 1.93 bits per heavy atom. The minimum Gasteiger partial charge on any atom is -0.381 e. The van der Waals surface area contributed by atoms with E-state index in [0.29, 0.717) is 32.2 Å². The van der Waals surface area contributed by atoms with Crippen molar-refractivity contribution in [3.63, 3.8) is 0 Å². The van der Waals surface area contributed by atoms with Gasteiger partial charge in [0, 0.05) is 41.8 Å². The molecule has 2 heterocycles. The van der Waals surface area contributed by atoms with Gasteiger partial charge in [-0.2, -0.15) is 0 Å². The monoisotopic (exact) mass is 397 g/mol. The number of hydrogen-bond acceptors (Lipinski definition) is 5. The molecule has 0 aromatic heterocycles. The lowest BCUT2D eigenvalue weighted by Crippen LogP contribution is -2.45. The Balaban J connectivity index is 1.53. The Labute approximate surface area is 170 Å². The van der Waals surface area contributed by atoms with Crippen molar-refractivity contribution in [1.29, 1.82) is 0 Å². The lowest BCUT2D eigenvalue weighted by Gasteiger charge is -2.34. The molecule has 0 bridgehead atoms. The second-order valence-corrected chi connectivity index (χ2v) is 8.65. The second kappa shape index (κ2) is 8.15. The van der Waals surface area contributed by atoms with Crippen LogP contribution in [0.2, 0.25) is 0 Å². The standard InChI is InChI=1S/C22H27N3O2S/c1-16-24-11-12-25(16)18-5-7-19(8-6-18)28-20-4-2-3-17(15-20)22(21(23)26)9-13-27-14-10-22/h2-8,15-16,24H,9-14H2,1H3,(H2,23,26). The van der Waals surface area contributed by atoms with E-state index in [2.05, 4.69) is 53.5 Å². The van der Waals surface area contributed by atoms with Crippen molar-refractivity contribution < 1.29 is 9.53 Å². The number of nitrogens with two attached hydrogens (primary N) is 1. The van der Waals surface area contributed by atoms with Gasteiger partial charge in [-0.05, 0) is 61.7 Å². The van der Waals surface area contributed by atoms with Crippen molar-refractivity contribution in [3.05, 3.63) is 54.1 Å². The summed E-state index contributed by atoms with van der Waals surface area (Å²) in [6.07, 6.45) is 1.67. The fourth-order valence-corrected chi connectivity index (χ4v) is 5.02. The van der Waals surface area contributed by atoms with Gasteiger partial charge in [0.05, 0.1) is 11.6 Å². The zero-order chi connectivity index (χ0) is 19.6. The summed E-state index contributed by atoms with van der Waals surface area (Å²) in [5, 5.41) is 3.45. The van der Waals surface area contributed by atoms with E-state index in [4.69, 9.17) is 10.5 Å². The van der Waals surface area contributed by atoms with Crippen LogP contribution in [0.3, 0.4) is 0 Å². The van der Waals surface area contributed by atoms with Crippen LogP contribution in [0.5, 0.6) is 0 Å². The lowest BCUT2D eigenvalue weighted by molar-refractivity contribution is -0.127. The molecule has 2 fully saturated rings. The van der Waals surface area contributed by atoms with Crippen molar-refractivity contribution in [2.24, 2.45) is 5.73 Å². The summed E-state index contributed by atoms with van der Waals surface area (Å²) < 4.78 is 5.46. The molecule has 1 atom stereocenters. The van der Waals surface area contributed by atoms with Crippen LogP contribution in [-0.4, -0.2) is 38.4 Å². The average Bonchev–Trinajstić information content (AvgIpc) is 3.15. The first-order chi connectivity index (χ1) is 13.6. The summed E-state index contributed by atoms with van der Waals surface area (Å²) >= 11 is 1.71. The lowest BCUT2D eigenvalue weighted by atomic mass is 9.73. The van der Waals surface area contributed by atoms with Crippen LogP contribution in [0, 0.1) is 0 Å². The Morgan fingerprint density at radius 1 is 1.18 bits per heavy atom.